The van der Waals surface area contributed by atoms with Crippen LogP contribution in [-0.4, -0.2) is 39.5 Å². The maximum Gasteiger partial charge on any atom is 0.286 e. The maximum atomic E-state index is 12.7. The second-order valence-corrected chi connectivity index (χ2v) is 8.03. The number of thiocarbonyl (C=S) groups is 1. The van der Waals surface area contributed by atoms with Crippen molar-refractivity contribution in [2.75, 3.05) is 18.0 Å². The molecule has 1 aliphatic rings. The summed E-state index contributed by atoms with van der Waals surface area (Å²) in [6.45, 7) is 6.07. The number of nitro benzene ring substituents is 1. The van der Waals surface area contributed by atoms with E-state index in [1.165, 1.54) is 30.1 Å². The first kappa shape index (κ1) is 21.7. The van der Waals surface area contributed by atoms with Crippen molar-refractivity contribution in [1.82, 2.24) is 5.01 Å². The Balaban J connectivity index is 1.76. The predicted molar refractivity (Wildman–Crippen MR) is 126 cm³/mol. The van der Waals surface area contributed by atoms with Crippen LogP contribution in [0.3, 0.4) is 0 Å². The fourth-order valence-electron chi connectivity index (χ4n) is 2.92. The highest BCUT2D eigenvalue weighted by Crippen LogP contribution is 2.33. The molecule has 0 N–H and O–H groups in total. The standard InChI is InChI=1S/C21H20N4O3S2/c1-3-23(4-2)17-10-8-15(9-11-17)13-19-20(26)24(21(29)30-19)22-14-16-6-5-7-18(12-16)25(27)28/h5-14H,3-4H2,1-2H3/b19-13+,22-14+. The molecular weight excluding hydrogens is 420 g/mol. The van der Waals surface area contributed by atoms with Crippen molar-refractivity contribution < 1.29 is 9.72 Å². The zero-order valence-corrected chi connectivity index (χ0v) is 18.2. The van der Waals surface area contributed by atoms with Crippen molar-refractivity contribution in [2.45, 2.75) is 13.8 Å². The molecule has 2 aromatic rings. The minimum absolute atomic E-state index is 0.0441. The molecule has 0 bridgehead atoms. The molecule has 0 aliphatic carbocycles. The van der Waals surface area contributed by atoms with Crippen LogP contribution in [0.1, 0.15) is 25.0 Å². The fourth-order valence-corrected chi connectivity index (χ4v) is 4.10. The van der Waals surface area contributed by atoms with Gasteiger partial charge in [-0.05, 0) is 49.8 Å². The van der Waals surface area contributed by atoms with E-state index < -0.39 is 4.92 Å². The van der Waals surface area contributed by atoms with Crippen LogP contribution < -0.4 is 4.90 Å². The molecule has 1 saturated heterocycles. The lowest BCUT2D eigenvalue weighted by molar-refractivity contribution is -0.384. The summed E-state index contributed by atoms with van der Waals surface area (Å²) in [6, 6.07) is 14.0. The van der Waals surface area contributed by atoms with E-state index in [0.717, 1.165) is 29.3 Å². The van der Waals surface area contributed by atoms with Crippen molar-refractivity contribution in [2.24, 2.45) is 5.10 Å². The van der Waals surface area contributed by atoms with Gasteiger partial charge in [0.25, 0.3) is 11.6 Å². The number of non-ortho nitro benzene ring substituents is 1. The lowest BCUT2D eigenvalue weighted by atomic mass is 10.1. The lowest BCUT2D eigenvalue weighted by Crippen LogP contribution is -2.22. The van der Waals surface area contributed by atoms with Crippen LogP contribution in [0.25, 0.3) is 6.08 Å². The molecule has 0 atom stereocenters. The van der Waals surface area contributed by atoms with Gasteiger partial charge in [0, 0.05) is 36.5 Å². The van der Waals surface area contributed by atoms with Crippen molar-refractivity contribution in [3.63, 3.8) is 0 Å². The third-order valence-corrected chi connectivity index (χ3v) is 5.78. The average Bonchev–Trinajstić information content (AvgIpc) is 3.01. The quantitative estimate of drug-likeness (QED) is 0.205. The summed E-state index contributed by atoms with van der Waals surface area (Å²) in [5.41, 5.74) is 2.49. The Morgan fingerprint density at radius 1 is 1.17 bits per heavy atom. The highest BCUT2D eigenvalue weighted by molar-refractivity contribution is 8.26. The van der Waals surface area contributed by atoms with Crippen LogP contribution >= 0.6 is 24.0 Å². The molecule has 3 rings (SSSR count). The van der Waals surface area contributed by atoms with E-state index in [4.69, 9.17) is 12.2 Å². The van der Waals surface area contributed by atoms with Gasteiger partial charge in [0.15, 0.2) is 4.32 Å². The molecule has 0 unspecified atom stereocenters. The first-order valence-corrected chi connectivity index (χ1v) is 10.6. The van der Waals surface area contributed by atoms with Crippen LogP contribution in [0.15, 0.2) is 58.5 Å². The molecule has 1 heterocycles. The normalized spacial score (nSPS) is 15.4. The zero-order valence-electron chi connectivity index (χ0n) is 16.5. The number of hydrazone groups is 1. The summed E-state index contributed by atoms with van der Waals surface area (Å²) in [5, 5.41) is 16.2. The van der Waals surface area contributed by atoms with Crippen molar-refractivity contribution >= 4 is 57.9 Å². The van der Waals surface area contributed by atoms with Gasteiger partial charge in [0.1, 0.15) is 0 Å². The van der Waals surface area contributed by atoms with E-state index in [0.29, 0.717) is 14.8 Å². The summed E-state index contributed by atoms with van der Waals surface area (Å²) < 4.78 is 0.313. The van der Waals surface area contributed by atoms with Crippen LogP contribution in [0.4, 0.5) is 11.4 Å². The van der Waals surface area contributed by atoms with Gasteiger partial charge >= 0.3 is 0 Å². The Kier molecular flexibility index (Phi) is 6.96. The number of hydrogen-bond acceptors (Lipinski definition) is 7. The van der Waals surface area contributed by atoms with E-state index in [2.05, 4.69) is 23.8 Å². The van der Waals surface area contributed by atoms with Gasteiger partial charge < -0.3 is 4.90 Å². The van der Waals surface area contributed by atoms with Crippen LogP contribution in [0.5, 0.6) is 0 Å². The molecule has 154 valence electrons. The predicted octanol–water partition coefficient (Wildman–Crippen LogP) is 4.68. The van der Waals surface area contributed by atoms with Gasteiger partial charge in [-0.2, -0.15) is 10.1 Å². The van der Waals surface area contributed by atoms with Gasteiger partial charge in [0.2, 0.25) is 0 Å². The topological polar surface area (TPSA) is 79.1 Å². The summed E-state index contributed by atoms with van der Waals surface area (Å²) in [7, 11) is 0. The molecular formula is C21H20N4O3S2. The highest BCUT2D eigenvalue weighted by atomic mass is 32.2. The van der Waals surface area contributed by atoms with Crippen molar-refractivity contribution in [3.8, 4) is 0 Å². The van der Waals surface area contributed by atoms with E-state index >= 15 is 0 Å². The largest absolute Gasteiger partial charge is 0.372 e. The average molecular weight is 441 g/mol. The van der Waals surface area contributed by atoms with Crippen molar-refractivity contribution in [3.05, 3.63) is 74.7 Å². The molecule has 9 heteroatoms. The van der Waals surface area contributed by atoms with E-state index in [-0.39, 0.29) is 11.6 Å². The second-order valence-electron chi connectivity index (χ2n) is 6.35. The third kappa shape index (κ3) is 4.92. The van der Waals surface area contributed by atoms with E-state index in [1.54, 1.807) is 18.2 Å². The zero-order chi connectivity index (χ0) is 21.7. The van der Waals surface area contributed by atoms with E-state index in [9.17, 15) is 14.9 Å². The van der Waals surface area contributed by atoms with Gasteiger partial charge in [-0.25, -0.2) is 0 Å². The smallest absolute Gasteiger partial charge is 0.286 e. The molecule has 7 nitrogen and oxygen atoms in total. The maximum absolute atomic E-state index is 12.7. The first-order chi connectivity index (χ1) is 14.4. The number of nitrogens with zero attached hydrogens (tertiary/aromatic N) is 4. The summed E-state index contributed by atoms with van der Waals surface area (Å²) in [6.07, 6.45) is 3.17. The molecule has 1 aliphatic heterocycles. The molecule has 0 aromatic heterocycles. The molecule has 2 aromatic carbocycles. The number of carbonyl (C=O) groups is 1. The SMILES string of the molecule is CCN(CC)c1ccc(/C=C2/SC(=S)N(/N=C/c3cccc([N+](=O)[O-])c3)C2=O)cc1. The van der Waals surface area contributed by atoms with Gasteiger partial charge in [-0.3, -0.25) is 14.9 Å². The molecule has 30 heavy (non-hydrogen) atoms. The Morgan fingerprint density at radius 3 is 2.50 bits per heavy atom. The van der Waals surface area contributed by atoms with E-state index in [1.807, 2.05) is 24.3 Å². The number of rotatable bonds is 7. The number of thioether (sulfide) groups is 1. The molecule has 0 spiro atoms. The van der Waals surface area contributed by atoms with Gasteiger partial charge in [-0.1, -0.05) is 36.0 Å². The molecule has 0 saturated carbocycles. The summed E-state index contributed by atoms with van der Waals surface area (Å²) in [5.74, 6) is -0.320. The monoisotopic (exact) mass is 440 g/mol. The number of benzene rings is 2. The van der Waals surface area contributed by atoms with Gasteiger partial charge in [-0.15, -0.1) is 0 Å². The lowest BCUT2D eigenvalue weighted by Gasteiger charge is -2.20. The molecule has 1 amide bonds. The Hall–Kier alpha value is -3.04. The minimum Gasteiger partial charge on any atom is -0.372 e. The van der Waals surface area contributed by atoms with Crippen LogP contribution in [0.2, 0.25) is 0 Å². The first-order valence-electron chi connectivity index (χ1n) is 9.34. The van der Waals surface area contributed by atoms with Gasteiger partial charge in [0.05, 0.1) is 16.0 Å². The third-order valence-electron chi connectivity index (χ3n) is 4.50. The molecule has 0 radical (unpaired) electrons. The Bertz CT molecular complexity index is 1030. The van der Waals surface area contributed by atoms with Crippen LogP contribution in [0, 0.1) is 10.1 Å². The number of carbonyl (C=O) groups excluding carboxylic acids is 1. The Labute approximate surface area is 184 Å². The fraction of sp³-hybridized carbons (Fsp3) is 0.190. The second kappa shape index (κ2) is 9.64. The highest BCUT2D eigenvalue weighted by Gasteiger charge is 2.32. The van der Waals surface area contributed by atoms with Crippen LogP contribution in [-0.2, 0) is 4.79 Å². The number of anilines is 1. The summed E-state index contributed by atoms with van der Waals surface area (Å²) >= 11 is 6.45. The molecule has 1 fully saturated rings. The number of amides is 1. The Morgan fingerprint density at radius 2 is 1.87 bits per heavy atom. The minimum atomic E-state index is -0.481. The summed E-state index contributed by atoms with van der Waals surface area (Å²) in [4.78, 5) is 25.8. The number of nitro groups is 1. The van der Waals surface area contributed by atoms with Crippen molar-refractivity contribution in [1.29, 1.82) is 0 Å². The number of hydrogen-bond donors (Lipinski definition) is 0.